The zero-order chi connectivity index (χ0) is 21.5. The lowest BCUT2D eigenvalue weighted by Crippen LogP contribution is -2.48. The number of fused-ring (bicyclic) bond motifs is 1. The number of hydrogen-bond donors (Lipinski definition) is 1. The van der Waals surface area contributed by atoms with Crippen LogP contribution in [0.3, 0.4) is 0 Å². The van der Waals surface area contributed by atoms with E-state index in [1.165, 1.54) is 12.1 Å². The Labute approximate surface area is 172 Å². The molecule has 0 amide bonds. The van der Waals surface area contributed by atoms with Crippen LogP contribution in [0.4, 0.5) is 13.2 Å². The lowest BCUT2D eigenvalue weighted by molar-refractivity contribution is -0.140. The van der Waals surface area contributed by atoms with Gasteiger partial charge in [0.2, 0.25) is 0 Å². The molecular formula is C22H22F3N3O2. The van der Waals surface area contributed by atoms with Gasteiger partial charge >= 0.3 is 12.1 Å². The van der Waals surface area contributed by atoms with Crippen molar-refractivity contribution >= 4 is 16.9 Å². The molecule has 0 saturated carbocycles. The molecule has 2 heterocycles. The Balaban J connectivity index is 1.74. The summed E-state index contributed by atoms with van der Waals surface area (Å²) in [6, 6.07) is 10.8. The fourth-order valence-corrected chi connectivity index (χ4v) is 3.51. The average Bonchev–Trinajstić information content (AvgIpc) is 2.97. The molecule has 30 heavy (non-hydrogen) atoms. The van der Waals surface area contributed by atoms with Crippen molar-refractivity contribution in [2.45, 2.75) is 12.7 Å². The van der Waals surface area contributed by atoms with Crippen LogP contribution in [0.25, 0.3) is 16.6 Å². The highest BCUT2D eigenvalue weighted by molar-refractivity contribution is 5.86. The largest absolute Gasteiger partial charge is 0.426 e. The monoisotopic (exact) mass is 417 g/mol. The molecular weight excluding hydrogens is 395 g/mol. The highest BCUT2D eigenvalue weighted by Gasteiger charge is 2.31. The number of ether oxygens (including phenoxy) is 1. The molecule has 1 N–H and O–H groups in total. The number of nitrogens with one attached hydrogen (secondary N) is 1. The minimum atomic E-state index is -4.41. The summed E-state index contributed by atoms with van der Waals surface area (Å²) < 4.78 is 47.0. The van der Waals surface area contributed by atoms with Crippen molar-refractivity contribution in [3.8, 4) is 11.4 Å². The standard InChI is InChI=1S/C22H22F3N3O2/c1-27(2)12-15-13-28(20-7-6-16(8-19(15)20)22(23,24)25)17-4-3-5-18(9-17)30-21(29)14-10-26-11-14/h3-9,13-14,26H,10-12H2,1-2H3. The maximum atomic E-state index is 13.2. The van der Waals surface area contributed by atoms with E-state index in [2.05, 4.69) is 5.32 Å². The molecule has 0 unspecified atom stereocenters. The fraction of sp³-hybridized carbons (Fsp3) is 0.318. The lowest BCUT2D eigenvalue weighted by Gasteiger charge is -2.24. The Morgan fingerprint density at radius 3 is 2.60 bits per heavy atom. The first-order chi connectivity index (χ1) is 14.2. The van der Waals surface area contributed by atoms with Gasteiger partial charge in [-0.25, -0.2) is 0 Å². The van der Waals surface area contributed by atoms with Crippen LogP contribution < -0.4 is 10.1 Å². The first kappa shape index (κ1) is 20.4. The predicted octanol–water partition coefficient (Wildman–Crippen LogP) is 3.84. The third-order valence-corrected chi connectivity index (χ3v) is 5.13. The lowest BCUT2D eigenvalue weighted by atomic mass is 10.0. The van der Waals surface area contributed by atoms with E-state index in [9.17, 15) is 18.0 Å². The number of nitrogens with zero attached hydrogens (tertiary/aromatic N) is 2. The number of aromatic nitrogens is 1. The highest BCUT2D eigenvalue weighted by atomic mass is 19.4. The summed E-state index contributed by atoms with van der Waals surface area (Å²) in [6.07, 6.45) is -2.57. The first-order valence-electron chi connectivity index (χ1n) is 9.61. The molecule has 4 rings (SSSR count). The molecule has 1 saturated heterocycles. The molecule has 0 spiro atoms. The molecule has 158 valence electrons. The topological polar surface area (TPSA) is 46.5 Å². The molecule has 2 aromatic carbocycles. The Morgan fingerprint density at radius 1 is 1.20 bits per heavy atom. The summed E-state index contributed by atoms with van der Waals surface area (Å²) in [7, 11) is 3.73. The summed E-state index contributed by atoms with van der Waals surface area (Å²) in [5.41, 5.74) is 1.47. The quantitative estimate of drug-likeness (QED) is 0.506. The summed E-state index contributed by atoms with van der Waals surface area (Å²) in [6.45, 7) is 1.71. The van der Waals surface area contributed by atoms with E-state index in [4.69, 9.17) is 4.74 Å². The van der Waals surface area contributed by atoms with Gasteiger partial charge in [0.05, 0.1) is 17.0 Å². The molecule has 0 atom stereocenters. The van der Waals surface area contributed by atoms with Gasteiger partial charge in [0.1, 0.15) is 5.75 Å². The van der Waals surface area contributed by atoms with Crippen LogP contribution in [-0.4, -0.2) is 42.6 Å². The van der Waals surface area contributed by atoms with Gasteiger partial charge in [-0.15, -0.1) is 0 Å². The van der Waals surface area contributed by atoms with Crippen molar-refractivity contribution in [3.05, 3.63) is 59.8 Å². The van der Waals surface area contributed by atoms with Gasteiger partial charge in [0.15, 0.2) is 0 Å². The van der Waals surface area contributed by atoms with Crippen LogP contribution >= 0.6 is 0 Å². The van der Waals surface area contributed by atoms with Gasteiger partial charge in [0, 0.05) is 43.0 Å². The molecule has 1 aliphatic heterocycles. The Kier molecular flexibility index (Phi) is 5.29. The van der Waals surface area contributed by atoms with Gasteiger partial charge in [-0.3, -0.25) is 4.79 Å². The Morgan fingerprint density at radius 2 is 1.97 bits per heavy atom. The van der Waals surface area contributed by atoms with E-state index in [0.29, 0.717) is 42.0 Å². The van der Waals surface area contributed by atoms with E-state index in [1.807, 2.05) is 35.8 Å². The van der Waals surface area contributed by atoms with Gasteiger partial charge in [-0.05, 0) is 50.0 Å². The van der Waals surface area contributed by atoms with Crippen molar-refractivity contribution in [1.29, 1.82) is 0 Å². The fourth-order valence-electron chi connectivity index (χ4n) is 3.51. The molecule has 1 aromatic heterocycles. The number of rotatable bonds is 5. The maximum absolute atomic E-state index is 13.2. The SMILES string of the molecule is CN(C)Cc1cn(-c2cccc(OC(=O)C3CNC3)c2)c2ccc(C(F)(F)F)cc12. The molecule has 0 aliphatic carbocycles. The summed E-state index contributed by atoms with van der Waals surface area (Å²) in [5.74, 6) is -0.0211. The molecule has 5 nitrogen and oxygen atoms in total. The van der Waals surface area contributed by atoms with E-state index in [0.717, 1.165) is 11.6 Å². The normalized spacial score (nSPS) is 14.9. The van der Waals surface area contributed by atoms with Crippen LogP contribution in [0.1, 0.15) is 11.1 Å². The van der Waals surface area contributed by atoms with Crippen molar-refractivity contribution < 1.29 is 22.7 Å². The minimum Gasteiger partial charge on any atom is -0.426 e. The van der Waals surface area contributed by atoms with E-state index < -0.39 is 11.7 Å². The van der Waals surface area contributed by atoms with Crippen molar-refractivity contribution in [2.24, 2.45) is 5.92 Å². The van der Waals surface area contributed by atoms with E-state index in [-0.39, 0.29) is 11.9 Å². The number of hydrogen-bond acceptors (Lipinski definition) is 4. The molecule has 8 heteroatoms. The minimum absolute atomic E-state index is 0.145. The van der Waals surface area contributed by atoms with Crippen molar-refractivity contribution in [1.82, 2.24) is 14.8 Å². The average molecular weight is 417 g/mol. The second kappa shape index (κ2) is 7.77. The molecule has 0 radical (unpaired) electrons. The van der Waals surface area contributed by atoms with Gasteiger partial charge < -0.3 is 19.5 Å². The summed E-state index contributed by atoms with van der Waals surface area (Å²) in [4.78, 5) is 14.0. The van der Waals surface area contributed by atoms with Gasteiger partial charge in [0.25, 0.3) is 0 Å². The van der Waals surface area contributed by atoms with Crippen molar-refractivity contribution in [2.75, 3.05) is 27.2 Å². The van der Waals surface area contributed by atoms with Crippen LogP contribution in [0.2, 0.25) is 0 Å². The zero-order valence-corrected chi connectivity index (χ0v) is 16.7. The second-order valence-corrected chi connectivity index (χ2v) is 7.77. The number of benzene rings is 2. The molecule has 0 bridgehead atoms. The number of alkyl halides is 3. The summed E-state index contributed by atoms with van der Waals surface area (Å²) >= 11 is 0. The third kappa shape index (κ3) is 4.06. The van der Waals surface area contributed by atoms with Crippen LogP contribution in [-0.2, 0) is 17.5 Å². The van der Waals surface area contributed by atoms with E-state index in [1.54, 1.807) is 18.2 Å². The Bertz CT molecular complexity index is 1080. The predicted molar refractivity (Wildman–Crippen MR) is 108 cm³/mol. The number of esters is 1. The highest BCUT2D eigenvalue weighted by Crippen LogP contribution is 2.34. The zero-order valence-electron chi connectivity index (χ0n) is 16.7. The molecule has 3 aromatic rings. The molecule has 1 aliphatic rings. The Hall–Kier alpha value is -2.84. The maximum Gasteiger partial charge on any atom is 0.416 e. The number of carbonyl (C=O) groups is 1. The second-order valence-electron chi connectivity index (χ2n) is 7.77. The number of halogens is 3. The van der Waals surface area contributed by atoms with Crippen LogP contribution in [0, 0.1) is 5.92 Å². The smallest absolute Gasteiger partial charge is 0.416 e. The first-order valence-corrected chi connectivity index (χ1v) is 9.61. The van der Waals surface area contributed by atoms with Gasteiger partial charge in [-0.2, -0.15) is 13.2 Å². The van der Waals surface area contributed by atoms with Crippen LogP contribution in [0.15, 0.2) is 48.7 Å². The molecule has 1 fully saturated rings. The van der Waals surface area contributed by atoms with Gasteiger partial charge in [-0.1, -0.05) is 6.07 Å². The van der Waals surface area contributed by atoms with Crippen molar-refractivity contribution in [3.63, 3.8) is 0 Å². The third-order valence-electron chi connectivity index (χ3n) is 5.13. The number of carbonyl (C=O) groups excluding carboxylic acids is 1. The van der Waals surface area contributed by atoms with E-state index >= 15 is 0 Å². The summed E-state index contributed by atoms with van der Waals surface area (Å²) in [5, 5.41) is 3.57. The van der Waals surface area contributed by atoms with Crippen LogP contribution in [0.5, 0.6) is 5.75 Å².